The van der Waals surface area contributed by atoms with E-state index in [0.717, 1.165) is 44.9 Å². The molecule has 0 atom stereocenters. The summed E-state index contributed by atoms with van der Waals surface area (Å²) >= 11 is 0. The quantitative estimate of drug-likeness (QED) is 0.223. The van der Waals surface area contributed by atoms with Crippen LogP contribution in [0.5, 0.6) is 0 Å². The lowest BCUT2D eigenvalue weighted by Crippen LogP contribution is -2.41. The van der Waals surface area contributed by atoms with Crippen LogP contribution in [0.4, 0.5) is 0 Å². The molecule has 0 fully saturated rings. The molecule has 0 aliphatic carbocycles. The Labute approximate surface area is 177 Å². The zero-order valence-electron chi connectivity index (χ0n) is 18.8. The molecule has 0 amide bonds. The standard InChI is InChI=1S/C23H44O6/c1-3-5-7-9-10-11-12-14-16-22(27)29-20-23(17-24,18-25)19-28-21(26)15-13-8-6-4-2/h24-25H,3-20H2,1-2H3. The molecule has 2 N–H and O–H groups in total. The van der Waals surface area contributed by atoms with Gasteiger partial charge in [-0.2, -0.15) is 0 Å². The first-order chi connectivity index (χ1) is 14.0. The van der Waals surface area contributed by atoms with Crippen molar-refractivity contribution >= 4 is 11.9 Å². The fraction of sp³-hybridized carbons (Fsp3) is 0.913. The molecule has 6 nitrogen and oxygen atoms in total. The Balaban J connectivity index is 4.02. The van der Waals surface area contributed by atoms with Crippen molar-refractivity contribution in [1.82, 2.24) is 0 Å². The van der Waals surface area contributed by atoms with Gasteiger partial charge < -0.3 is 19.7 Å². The molecule has 0 saturated heterocycles. The van der Waals surface area contributed by atoms with Gasteiger partial charge >= 0.3 is 11.9 Å². The summed E-state index contributed by atoms with van der Waals surface area (Å²) in [6, 6.07) is 0. The van der Waals surface area contributed by atoms with Crippen LogP contribution in [0.15, 0.2) is 0 Å². The minimum atomic E-state index is -1.14. The molecule has 0 heterocycles. The monoisotopic (exact) mass is 416 g/mol. The van der Waals surface area contributed by atoms with E-state index in [9.17, 15) is 19.8 Å². The fourth-order valence-electron chi connectivity index (χ4n) is 2.99. The summed E-state index contributed by atoms with van der Waals surface area (Å²) in [5, 5.41) is 19.3. The summed E-state index contributed by atoms with van der Waals surface area (Å²) in [4.78, 5) is 23.8. The highest BCUT2D eigenvalue weighted by atomic mass is 16.5. The first-order valence-corrected chi connectivity index (χ1v) is 11.6. The van der Waals surface area contributed by atoms with Crippen LogP contribution in [0, 0.1) is 5.41 Å². The molecule has 6 heteroatoms. The van der Waals surface area contributed by atoms with E-state index in [1.165, 1.54) is 32.1 Å². The lowest BCUT2D eigenvalue weighted by Gasteiger charge is -2.28. The molecule has 0 aromatic carbocycles. The Kier molecular flexibility index (Phi) is 18.1. The number of esters is 2. The first-order valence-electron chi connectivity index (χ1n) is 11.6. The molecule has 0 saturated carbocycles. The van der Waals surface area contributed by atoms with E-state index >= 15 is 0 Å². The number of hydrogen-bond donors (Lipinski definition) is 2. The van der Waals surface area contributed by atoms with Crippen LogP contribution in [-0.2, 0) is 19.1 Å². The van der Waals surface area contributed by atoms with E-state index in [0.29, 0.717) is 12.8 Å². The van der Waals surface area contributed by atoms with Crippen molar-refractivity contribution in [1.29, 1.82) is 0 Å². The number of aliphatic hydroxyl groups excluding tert-OH is 2. The maximum atomic E-state index is 11.9. The smallest absolute Gasteiger partial charge is 0.305 e. The second-order valence-corrected chi connectivity index (χ2v) is 8.17. The maximum absolute atomic E-state index is 11.9. The highest BCUT2D eigenvalue weighted by molar-refractivity contribution is 5.69. The van der Waals surface area contributed by atoms with Gasteiger partial charge in [0.05, 0.1) is 18.6 Å². The van der Waals surface area contributed by atoms with E-state index in [1.807, 2.05) is 0 Å². The van der Waals surface area contributed by atoms with Gasteiger partial charge in [0.25, 0.3) is 0 Å². The van der Waals surface area contributed by atoms with E-state index in [2.05, 4.69) is 13.8 Å². The molecule has 0 spiro atoms. The third-order valence-electron chi connectivity index (χ3n) is 5.22. The van der Waals surface area contributed by atoms with Crippen LogP contribution in [0.3, 0.4) is 0 Å². The Morgan fingerprint density at radius 2 is 0.966 bits per heavy atom. The van der Waals surface area contributed by atoms with E-state index in [1.54, 1.807) is 0 Å². The summed E-state index contributed by atoms with van der Waals surface area (Å²) < 4.78 is 10.4. The Morgan fingerprint density at radius 3 is 1.34 bits per heavy atom. The van der Waals surface area contributed by atoms with Crippen molar-refractivity contribution in [2.75, 3.05) is 26.4 Å². The van der Waals surface area contributed by atoms with Crippen molar-refractivity contribution in [3.8, 4) is 0 Å². The number of aliphatic hydroxyl groups is 2. The lowest BCUT2D eigenvalue weighted by molar-refractivity contribution is -0.159. The van der Waals surface area contributed by atoms with E-state index in [-0.39, 0.29) is 25.2 Å². The predicted octanol–water partition coefficient (Wildman–Crippen LogP) is 4.55. The maximum Gasteiger partial charge on any atom is 0.305 e. The molecule has 0 rings (SSSR count). The van der Waals surface area contributed by atoms with Crippen LogP contribution < -0.4 is 0 Å². The Hall–Kier alpha value is -1.14. The third kappa shape index (κ3) is 15.4. The molecule has 172 valence electrons. The lowest BCUT2D eigenvalue weighted by atomic mass is 9.92. The van der Waals surface area contributed by atoms with Gasteiger partial charge in [-0.05, 0) is 12.8 Å². The Morgan fingerprint density at radius 1 is 0.621 bits per heavy atom. The predicted molar refractivity (Wildman–Crippen MR) is 115 cm³/mol. The van der Waals surface area contributed by atoms with Crippen molar-refractivity contribution in [3.05, 3.63) is 0 Å². The van der Waals surface area contributed by atoms with Crippen molar-refractivity contribution in [2.45, 2.75) is 104 Å². The van der Waals surface area contributed by atoms with E-state index < -0.39 is 18.6 Å². The second-order valence-electron chi connectivity index (χ2n) is 8.17. The third-order valence-corrected chi connectivity index (χ3v) is 5.22. The zero-order valence-corrected chi connectivity index (χ0v) is 18.8. The minimum Gasteiger partial charge on any atom is -0.465 e. The second kappa shape index (κ2) is 18.9. The Bertz CT molecular complexity index is 406. The van der Waals surface area contributed by atoms with Crippen molar-refractivity contribution < 1.29 is 29.3 Å². The number of rotatable bonds is 20. The van der Waals surface area contributed by atoms with Gasteiger partial charge in [-0.1, -0.05) is 78.1 Å². The average Bonchev–Trinajstić information content (AvgIpc) is 2.73. The van der Waals surface area contributed by atoms with Crippen LogP contribution in [0.2, 0.25) is 0 Å². The molecule has 0 aromatic heterocycles. The SMILES string of the molecule is CCCCCCCCCCC(=O)OCC(CO)(CO)COC(=O)CCCCCC. The topological polar surface area (TPSA) is 93.1 Å². The van der Waals surface area contributed by atoms with Gasteiger partial charge in [0.15, 0.2) is 0 Å². The molecule has 0 aromatic rings. The molecule has 0 aliphatic heterocycles. The summed E-state index contributed by atoms with van der Waals surface area (Å²) in [5.41, 5.74) is -1.14. The van der Waals surface area contributed by atoms with Crippen molar-refractivity contribution in [3.63, 3.8) is 0 Å². The van der Waals surface area contributed by atoms with Crippen LogP contribution in [0.25, 0.3) is 0 Å². The average molecular weight is 417 g/mol. The molecular weight excluding hydrogens is 372 g/mol. The number of ether oxygens (including phenoxy) is 2. The molecular formula is C23H44O6. The summed E-state index contributed by atoms with van der Waals surface area (Å²) in [5.74, 6) is -0.689. The van der Waals surface area contributed by atoms with E-state index in [4.69, 9.17) is 9.47 Å². The number of hydrogen-bond acceptors (Lipinski definition) is 6. The fourth-order valence-corrected chi connectivity index (χ4v) is 2.99. The van der Waals surface area contributed by atoms with Gasteiger partial charge in [0, 0.05) is 12.8 Å². The molecule has 29 heavy (non-hydrogen) atoms. The molecule has 0 radical (unpaired) electrons. The summed E-state index contributed by atoms with van der Waals surface area (Å²) in [7, 11) is 0. The van der Waals surface area contributed by atoms with Gasteiger partial charge in [0.2, 0.25) is 0 Å². The summed E-state index contributed by atoms with van der Waals surface area (Å²) in [6.07, 6.45) is 13.8. The minimum absolute atomic E-state index is 0.154. The highest BCUT2D eigenvalue weighted by Gasteiger charge is 2.32. The summed E-state index contributed by atoms with van der Waals surface area (Å²) in [6.45, 7) is 3.16. The van der Waals surface area contributed by atoms with Crippen molar-refractivity contribution in [2.24, 2.45) is 5.41 Å². The number of carbonyl (C=O) groups excluding carboxylic acids is 2. The van der Waals surface area contributed by atoms with Gasteiger partial charge in [-0.25, -0.2) is 0 Å². The number of carbonyl (C=O) groups is 2. The zero-order chi connectivity index (χ0) is 21.8. The van der Waals surface area contributed by atoms with Crippen LogP contribution in [0.1, 0.15) is 104 Å². The van der Waals surface area contributed by atoms with Gasteiger partial charge in [-0.3, -0.25) is 9.59 Å². The molecule has 0 unspecified atom stereocenters. The number of unbranched alkanes of at least 4 members (excludes halogenated alkanes) is 10. The first kappa shape index (κ1) is 27.9. The normalized spacial score (nSPS) is 11.4. The van der Waals surface area contributed by atoms with Gasteiger partial charge in [-0.15, -0.1) is 0 Å². The molecule has 0 aliphatic rings. The molecule has 0 bridgehead atoms. The van der Waals surface area contributed by atoms with Crippen LogP contribution in [-0.4, -0.2) is 48.6 Å². The van der Waals surface area contributed by atoms with Gasteiger partial charge in [0.1, 0.15) is 13.2 Å². The van der Waals surface area contributed by atoms with Crippen LogP contribution >= 0.6 is 0 Å². The highest BCUT2D eigenvalue weighted by Crippen LogP contribution is 2.19. The largest absolute Gasteiger partial charge is 0.465 e.